The SMILES string of the molecule is CCOc1ccc(/C=C\C(=O)NCCc2ccc(Cl)cc2)cc1. The fraction of sp³-hybridized carbons (Fsp3) is 0.211. The Bertz CT molecular complexity index is 648. The van der Waals surface area contributed by atoms with Crippen molar-refractivity contribution in [2.24, 2.45) is 0 Å². The molecule has 0 spiro atoms. The molecule has 0 aliphatic carbocycles. The Balaban J connectivity index is 1.76. The van der Waals surface area contributed by atoms with Crippen LogP contribution in [0.5, 0.6) is 5.75 Å². The van der Waals surface area contributed by atoms with Crippen molar-refractivity contribution in [2.45, 2.75) is 13.3 Å². The van der Waals surface area contributed by atoms with Crippen molar-refractivity contribution in [3.63, 3.8) is 0 Å². The molecule has 0 bridgehead atoms. The maximum Gasteiger partial charge on any atom is 0.244 e. The predicted molar refractivity (Wildman–Crippen MR) is 94.8 cm³/mol. The number of ether oxygens (including phenoxy) is 1. The zero-order chi connectivity index (χ0) is 16.5. The molecule has 0 heterocycles. The van der Waals surface area contributed by atoms with Crippen LogP contribution in [0, 0.1) is 0 Å². The molecule has 0 fully saturated rings. The van der Waals surface area contributed by atoms with Crippen molar-refractivity contribution in [3.8, 4) is 5.75 Å². The van der Waals surface area contributed by atoms with Crippen molar-refractivity contribution < 1.29 is 9.53 Å². The lowest BCUT2D eigenvalue weighted by Gasteiger charge is -2.03. The van der Waals surface area contributed by atoms with Crippen LogP contribution in [-0.4, -0.2) is 19.1 Å². The minimum atomic E-state index is -0.104. The minimum Gasteiger partial charge on any atom is -0.494 e. The lowest BCUT2D eigenvalue weighted by atomic mass is 10.1. The van der Waals surface area contributed by atoms with E-state index in [9.17, 15) is 4.79 Å². The van der Waals surface area contributed by atoms with E-state index in [1.54, 1.807) is 6.08 Å². The lowest BCUT2D eigenvalue weighted by Crippen LogP contribution is -2.23. The molecule has 0 saturated carbocycles. The number of benzene rings is 2. The summed E-state index contributed by atoms with van der Waals surface area (Å²) in [4.78, 5) is 11.8. The third-order valence-corrected chi connectivity index (χ3v) is 3.50. The molecule has 2 aromatic rings. The first kappa shape index (κ1) is 17.1. The molecule has 0 atom stereocenters. The van der Waals surface area contributed by atoms with Crippen LogP contribution >= 0.6 is 11.6 Å². The van der Waals surface area contributed by atoms with Crippen LogP contribution in [-0.2, 0) is 11.2 Å². The van der Waals surface area contributed by atoms with E-state index in [4.69, 9.17) is 16.3 Å². The van der Waals surface area contributed by atoms with Crippen LogP contribution in [0.2, 0.25) is 5.02 Å². The largest absolute Gasteiger partial charge is 0.494 e. The highest BCUT2D eigenvalue weighted by atomic mass is 35.5. The molecule has 1 N–H and O–H groups in total. The zero-order valence-corrected chi connectivity index (χ0v) is 13.8. The van der Waals surface area contributed by atoms with Gasteiger partial charge in [-0.3, -0.25) is 4.79 Å². The van der Waals surface area contributed by atoms with Gasteiger partial charge in [0.1, 0.15) is 5.75 Å². The standard InChI is InChI=1S/C19H20ClNO2/c1-2-23-18-10-5-15(6-11-18)7-12-19(22)21-14-13-16-3-8-17(20)9-4-16/h3-12H,2,13-14H2,1H3,(H,21,22)/b12-7-. The summed E-state index contributed by atoms with van der Waals surface area (Å²) >= 11 is 5.84. The first-order valence-corrected chi connectivity index (χ1v) is 7.98. The Hall–Kier alpha value is -2.26. The van der Waals surface area contributed by atoms with E-state index in [2.05, 4.69) is 5.32 Å². The van der Waals surface area contributed by atoms with E-state index >= 15 is 0 Å². The summed E-state index contributed by atoms with van der Waals surface area (Å²) in [7, 11) is 0. The third-order valence-electron chi connectivity index (χ3n) is 3.24. The molecule has 1 amide bonds. The summed E-state index contributed by atoms with van der Waals surface area (Å²) in [6.45, 7) is 3.18. The van der Waals surface area contributed by atoms with Gasteiger partial charge in [0.05, 0.1) is 6.61 Å². The Morgan fingerprint density at radius 2 is 1.83 bits per heavy atom. The molecule has 2 aromatic carbocycles. The van der Waals surface area contributed by atoms with Crippen molar-refractivity contribution in [1.82, 2.24) is 5.32 Å². The summed E-state index contributed by atoms with van der Waals surface area (Å²) in [5.74, 6) is 0.727. The first-order valence-electron chi connectivity index (χ1n) is 7.60. The Morgan fingerprint density at radius 3 is 2.48 bits per heavy atom. The lowest BCUT2D eigenvalue weighted by molar-refractivity contribution is -0.116. The Morgan fingerprint density at radius 1 is 1.13 bits per heavy atom. The number of amides is 1. The van der Waals surface area contributed by atoms with Gasteiger partial charge in [0.25, 0.3) is 0 Å². The average Bonchev–Trinajstić information content (AvgIpc) is 2.56. The van der Waals surface area contributed by atoms with Crippen LogP contribution < -0.4 is 10.1 Å². The molecule has 0 unspecified atom stereocenters. The summed E-state index contributed by atoms with van der Waals surface area (Å²) in [6, 6.07) is 15.2. The molecule has 0 aromatic heterocycles. The van der Waals surface area contributed by atoms with Crippen LogP contribution in [0.3, 0.4) is 0 Å². The molecule has 4 heteroatoms. The van der Waals surface area contributed by atoms with Crippen LogP contribution in [0.25, 0.3) is 6.08 Å². The molecular formula is C19H20ClNO2. The van der Waals surface area contributed by atoms with Crippen LogP contribution in [0.1, 0.15) is 18.1 Å². The highest BCUT2D eigenvalue weighted by molar-refractivity contribution is 6.30. The quantitative estimate of drug-likeness (QED) is 0.776. The molecule has 2 rings (SSSR count). The first-order chi connectivity index (χ1) is 11.2. The third kappa shape index (κ3) is 6.17. The van der Waals surface area contributed by atoms with E-state index in [0.29, 0.717) is 13.2 Å². The fourth-order valence-corrected chi connectivity index (χ4v) is 2.18. The maximum atomic E-state index is 11.8. The van der Waals surface area contributed by atoms with E-state index in [0.717, 1.165) is 28.3 Å². The number of hydrogen-bond donors (Lipinski definition) is 1. The van der Waals surface area contributed by atoms with E-state index in [1.165, 1.54) is 6.08 Å². The molecule has 120 valence electrons. The number of carbonyl (C=O) groups is 1. The second-order valence-corrected chi connectivity index (χ2v) is 5.44. The minimum absolute atomic E-state index is 0.104. The number of hydrogen-bond acceptors (Lipinski definition) is 2. The van der Waals surface area contributed by atoms with Gasteiger partial charge in [-0.05, 0) is 54.8 Å². The van der Waals surface area contributed by atoms with E-state index in [-0.39, 0.29) is 5.91 Å². The van der Waals surface area contributed by atoms with Gasteiger partial charge in [0.15, 0.2) is 0 Å². The highest BCUT2D eigenvalue weighted by Crippen LogP contribution is 2.13. The zero-order valence-electron chi connectivity index (χ0n) is 13.1. The van der Waals surface area contributed by atoms with Gasteiger partial charge < -0.3 is 10.1 Å². The van der Waals surface area contributed by atoms with Gasteiger partial charge in [-0.25, -0.2) is 0 Å². The number of carbonyl (C=O) groups excluding carboxylic acids is 1. The molecule has 0 aliphatic heterocycles. The number of nitrogens with one attached hydrogen (secondary N) is 1. The van der Waals surface area contributed by atoms with Crippen molar-refractivity contribution in [1.29, 1.82) is 0 Å². The predicted octanol–water partition coefficient (Wildman–Crippen LogP) is 4.11. The fourth-order valence-electron chi connectivity index (χ4n) is 2.05. The van der Waals surface area contributed by atoms with Gasteiger partial charge in [0.2, 0.25) is 5.91 Å². The second kappa shape index (κ2) is 9.01. The van der Waals surface area contributed by atoms with Crippen LogP contribution in [0.4, 0.5) is 0 Å². The van der Waals surface area contributed by atoms with Crippen LogP contribution in [0.15, 0.2) is 54.6 Å². The Kier molecular flexibility index (Phi) is 6.70. The normalized spacial score (nSPS) is 10.7. The van der Waals surface area contributed by atoms with Crippen molar-refractivity contribution >= 4 is 23.6 Å². The summed E-state index contributed by atoms with van der Waals surface area (Å²) in [5.41, 5.74) is 2.10. The Labute approximate surface area is 141 Å². The van der Waals surface area contributed by atoms with E-state index in [1.807, 2.05) is 55.5 Å². The summed E-state index contributed by atoms with van der Waals surface area (Å²) in [5, 5.41) is 3.58. The number of halogens is 1. The van der Waals surface area contributed by atoms with Gasteiger partial charge in [0, 0.05) is 17.6 Å². The molecular weight excluding hydrogens is 310 g/mol. The second-order valence-electron chi connectivity index (χ2n) is 5.00. The molecule has 23 heavy (non-hydrogen) atoms. The van der Waals surface area contributed by atoms with Crippen molar-refractivity contribution in [3.05, 3.63) is 70.8 Å². The maximum absolute atomic E-state index is 11.8. The molecule has 3 nitrogen and oxygen atoms in total. The van der Waals surface area contributed by atoms with Gasteiger partial charge in [-0.1, -0.05) is 35.9 Å². The molecule has 0 aliphatic rings. The monoisotopic (exact) mass is 329 g/mol. The topological polar surface area (TPSA) is 38.3 Å². The summed E-state index contributed by atoms with van der Waals surface area (Å²) in [6.07, 6.45) is 4.10. The van der Waals surface area contributed by atoms with Crippen molar-refractivity contribution in [2.75, 3.05) is 13.2 Å². The smallest absolute Gasteiger partial charge is 0.244 e. The molecule has 0 radical (unpaired) electrons. The molecule has 0 saturated heterocycles. The van der Waals surface area contributed by atoms with Gasteiger partial charge >= 0.3 is 0 Å². The average molecular weight is 330 g/mol. The summed E-state index contributed by atoms with van der Waals surface area (Å²) < 4.78 is 5.38. The van der Waals surface area contributed by atoms with Gasteiger partial charge in [-0.2, -0.15) is 0 Å². The highest BCUT2D eigenvalue weighted by Gasteiger charge is 1.97. The van der Waals surface area contributed by atoms with E-state index < -0.39 is 0 Å². The number of rotatable bonds is 7. The van der Waals surface area contributed by atoms with Gasteiger partial charge in [-0.15, -0.1) is 0 Å².